The van der Waals surface area contributed by atoms with Crippen LogP contribution in [0.3, 0.4) is 0 Å². The van der Waals surface area contributed by atoms with Crippen LogP contribution < -0.4 is 5.32 Å². The van der Waals surface area contributed by atoms with Crippen molar-refractivity contribution < 1.29 is 4.74 Å². The Hall–Kier alpha value is -0.940. The lowest BCUT2D eigenvalue weighted by atomic mass is 9.98. The lowest BCUT2D eigenvalue weighted by molar-refractivity contribution is 0.165. The first kappa shape index (κ1) is 9.61. The molecule has 1 saturated heterocycles. The van der Waals surface area contributed by atoms with E-state index in [4.69, 9.17) is 4.74 Å². The van der Waals surface area contributed by atoms with Crippen molar-refractivity contribution in [1.82, 2.24) is 20.1 Å². The van der Waals surface area contributed by atoms with Gasteiger partial charge in [0.1, 0.15) is 11.9 Å². The van der Waals surface area contributed by atoms with Gasteiger partial charge in [-0.05, 0) is 20.4 Å². The quantitative estimate of drug-likeness (QED) is 0.746. The van der Waals surface area contributed by atoms with Crippen LogP contribution in [0.25, 0.3) is 0 Å². The Morgan fingerprint density at radius 1 is 1.71 bits per heavy atom. The van der Waals surface area contributed by atoms with E-state index in [-0.39, 0.29) is 5.54 Å². The molecule has 0 radical (unpaired) electrons. The van der Waals surface area contributed by atoms with Gasteiger partial charge in [0.05, 0.1) is 6.61 Å². The summed E-state index contributed by atoms with van der Waals surface area (Å²) in [6.07, 6.45) is 2.73. The van der Waals surface area contributed by atoms with Crippen molar-refractivity contribution in [3.8, 4) is 0 Å². The van der Waals surface area contributed by atoms with Gasteiger partial charge in [-0.1, -0.05) is 0 Å². The van der Waals surface area contributed by atoms with E-state index in [1.54, 1.807) is 6.33 Å². The molecule has 1 aromatic rings. The molecule has 1 fully saturated rings. The molecule has 2 rings (SSSR count). The van der Waals surface area contributed by atoms with Gasteiger partial charge in [0, 0.05) is 13.2 Å². The minimum absolute atomic E-state index is 0.132. The molecule has 0 amide bonds. The summed E-state index contributed by atoms with van der Waals surface area (Å²) in [4.78, 5) is 0. The molecular formula is C9H16N4O. The number of hydrogen-bond donors (Lipinski definition) is 1. The fourth-order valence-corrected chi connectivity index (χ4v) is 1.91. The van der Waals surface area contributed by atoms with E-state index in [2.05, 4.69) is 27.0 Å². The third-order valence-corrected chi connectivity index (χ3v) is 2.88. The highest BCUT2D eigenvalue weighted by Crippen LogP contribution is 2.28. The average Bonchev–Trinajstić information content (AvgIpc) is 2.86. The van der Waals surface area contributed by atoms with Crippen LogP contribution in [0.15, 0.2) is 6.33 Å². The van der Waals surface area contributed by atoms with E-state index in [9.17, 15) is 0 Å². The van der Waals surface area contributed by atoms with Gasteiger partial charge in [-0.25, -0.2) is 0 Å². The number of nitrogens with one attached hydrogen (secondary N) is 1. The van der Waals surface area contributed by atoms with Crippen LogP contribution in [0, 0.1) is 0 Å². The Bertz CT molecular complexity index is 304. The Kier molecular flexibility index (Phi) is 2.52. The molecule has 5 nitrogen and oxygen atoms in total. The van der Waals surface area contributed by atoms with Crippen LogP contribution in [0.2, 0.25) is 0 Å². The first-order valence-electron chi connectivity index (χ1n) is 4.97. The van der Waals surface area contributed by atoms with Crippen molar-refractivity contribution in [3.63, 3.8) is 0 Å². The van der Waals surface area contributed by atoms with E-state index in [1.807, 2.05) is 7.05 Å². The van der Waals surface area contributed by atoms with Crippen molar-refractivity contribution in [2.24, 2.45) is 0 Å². The molecule has 1 N–H and O–H groups in total. The lowest BCUT2D eigenvalue weighted by Gasteiger charge is -2.25. The van der Waals surface area contributed by atoms with Gasteiger partial charge in [-0.2, -0.15) is 0 Å². The van der Waals surface area contributed by atoms with Gasteiger partial charge >= 0.3 is 0 Å². The normalized spacial score (nSPS) is 27.0. The van der Waals surface area contributed by atoms with E-state index >= 15 is 0 Å². The summed E-state index contributed by atoms with van der Waals surface area (Å²) in [5, 5.41) is 11.4. The zero-order valence-corrected chi connectivity index (χ0v) is 8.66. The summed E-state index contributed by atoms with van der Waals surface area (Å²) in [5.41, 5.74) is -0.132. The smallest absolute Gasteiger partial charge is 0.155 e. The van der Waals surface area contributed by atoms with E-state index in [0.29, 0.717) is 6.61 Å². The molecule has 1 unspecified atom stereocenters. The maximum Gasteiger partial charge on any atom is 0.155 e. The lowest BCUT2D eigenvalue weighted by Crippen LogP contribution is -2.43. The maximum absolute atomic E-state index is 5.43. The molecular weight excluding hydrogens is 180 g/mol. The zero-order valence-electron chi connectivity index (χ0n) is 8.66. The molecule has 1 aliphatic rings. The number of nitrogens with zero attached hydrogens (tertiary/aromatic N) is 3. The molecule has 78 valence electrons. The van der Waals surface area contributed by atoms with Crippen molar-refractivity contribution in [1.29, 1.82) is 0 Å². The maximum atomic E-state index is 5.43. The van der Waals surface area contributed by atoms with Gasteiger partial charge in [-0.3, -0.25) is 0 Å². The predicted octanol–water partition coefficient (Wildman–Crippen LogP) is 0.133. The number of aromatic nitrogens is 3. The van der Waals surface area contributed by atoms with Gasteiger partial charge in [0.15, 0.2) is 5.82 Å². The van der Waals surface area contributed by atoms with E-state index < -0.39 is 0 Å². The molecule has 2 heterocycles. The third kappa shape index (κ3) is 1.33. The van der Waals surface area contributed by atoms with Crippen molar-refractivity contribution in [2.45, 2.75) is 25.4 Å². The third-order valence-electron chi connectivity index (χ3n) is 2.88. The van der Waals surface area contributed by atoms with Crippen LogP contribution in [0.4, 0.5) is 0 Å². The van der Waals surface area contributed by atoms with Crippen LogP contribution >= 0.6 is 0 Å². The molecule has 1 aromatic heterocycles. The first-order valence-corrected chi connectivity index (χ1v) is 4.97. The van der Waals surface area contributed by atoms with Crippen molar-refractivity contribution >= 4 is 0 Å². The highest BCUT2D eigenvalue weighted by atomic mass is 16.5. The second kappa shape index (κ2) is 3.67. The minimum atomic E-state index is -0.132. The minimum Gasteiger partial charge on any atom is -0.379 e. The molecule has 5 heteroatoms. The molecule has 0 spiro atoms. The Morgan fingerprint density at radius 2 is 2.57 bits per heavy atom. The number of aryl methyl sites for hydroxylation is 1. The van der Waals surface area contributed by atoms with Crippen molar-refractivity contribution in [2.75, 3.05) is 20.3 Å². The fourth-order valence-electron chi connectivity index (χ4n) is 1.91. The summed E-state index contributed by atoms with van der Waals surface area (Å²) in [5.74, 6) is 0.986. The summed E-state index contributed by atoms with van der Waals surface area (Å²) < 4.78 is 7.49. The largest absolute Gasteiger partial charge is 0.379 e. The topological polar surface area (TPSA) is 52.0 Å². The van der Waals surface area contributed by atoms with Crippen LogP contribution in [0.1, 0.15) is 19.2 Å². The van der Waals surface area contributed by atoms with Gasteiger partial charge < -0.3 is 14.6 Å². The molecule has 1 atom stereocenters. The molecule has 0 saturated carbocycles. The summed E-state index contributed by atoms with van der Waals surface area (Å²) in [6, 6.07) is 0. The number of ether oxygens (including phenoxy) is 1. The van der Waals surface area contributed by atoms with Crippen LogP contribution in [0.5, 0.6) is 0 Å². The first-order chi connectivity index (χ1) is 6.82. The van der Waals surface area contributed by atoms with Crippen LogP contribution in [-0.2, 0) is 16.8 Å². The van der Waals surface area contributed by atoms with Gasteiger partial charge in [-0.15, -0.1) is 10.2 Å². The average molecular weight is 196 g/mol. The molecule has 0 bridgehead atoms. The molecule has 0 aromatic carbocycles. The van der Waals surface area contributed by atoms with Crippen LogP contribution in [-0.4, -0.2) is 35.0 Å². The second-order valence-electron chi connectivity index (χ2n) is 3.58. The Labute approximate surface area is 83.5 Å². The monoisotopic (exact) mass is 196 g/mol. The molecule has 14 heavy (non-hydrogen) atoms. The van der Waals surface area contributed by atoms with Gasteiger partial charge in [0.2, 0.25) is 0 Å². The predicted molar refractivity (Wildman–Crippen MR) is 51.9 cm³/mol. The number of likely N-dealkylation sites (N-methyl/N-ethyl adjacent to an activating group) is 1. The molecule has 0 aliphatic carbocycles. The second-order valence-corrected chi connectivity index (χ2v) is 3.58. The summed E-state index contributed by atoms with van der Waals surface area (Å²) in [6.45, 7) is 4.46. The SMILES string of the molecule is CCn1cnnc1C1(NC)CCOC1. The zero-order chi connectivity index (χ0) is 10.0. The Balaban J connectivity index is 2.35. The highest BCUT2D eigenvalue weighted by Gasteiger charge is 2.39. The van der Waals surface area contributed by atoms with Gasteiger partial charge in [0.25, 0.3) is 0 Å². The van der Waals surface area contributed by atoms with E-state index in [0.717, 1.165) is 25.4 Å². The summed E-state index contributed by atoms with van der Waals surface area (Å²) >= 11 is 0. The highest BCUT2D eigenvalue weighted by molar-refractivity contribution is 5.08. The number of hydrogen-bond acceptors (Lipinski definition) is 4. The standard InChI is InChI=1S/C9H16N4O/c1-3-13-7-11-12-8(13)9(10-2)4-5-14-6-9/h7,10H,3-6H2,1-2H3. The van der Waals surface area contributed by atoms with E-state index in [1.165, 1.54) is 0 Å². The molecule has 1 aliphatic heterocycles. The van der Waals surface area contributed by atoms with Crippen molar-refractivity contribution in [3.05, 3.63) is 12.2 Å². The summed E-state index contributed by atoms with van der Waals surface area (Å²) in [7, 11) is 1.95. The fraction of sp³-hybridized carbons (Fsp3) is 0.778. The Morgan fingerprint density at radius 3 is 3.14 bits per heavy atom. The number of rotatable bonds is 3.